The highest BCUT2D eigenvalue weighted by atomic mass is 16.6. The molecule has 1 saturated heterocycles. The maximum Gasteiger partial charge on any atom is 0.414 e. The van der Waals surface area contributed by atoms with E-state index >= 15 is 0 Å². The molecule has 2 amide bonds. The quantitative estimate of drug-likeness (QED) is 0.874. The Labute approximate surface area is 117 Å². The Kier molecular flexibility index (Phi) is 3.94. The number of amides is 2. The molecule has 0 aromatic heterocycles. The van der Waals surface area contributed by atoms with E-state index in [1.54, 1.807) is 38.1 Å². The summed E-state index contributed by atoms with van der Waals surface area (Å²) in [4.78, 5) is 25.1. The molecular weight excluding hydrogens is 258 g/mol. The van der Waals surface area contributed by atoms with Gasteiger partial charge in [-0.05, 0) is 32.0 Å². The molecule has 0 bridgehead atoms. The highest BCUT2D eigenvalue weighted by Crippen LogP contribution is 2.24. The summed E-state index contributed by atoms with van der Waals surface area (Å²) >= 11 is 0. The van der Waals surface area contributed by atoms with E-state index in [9.17, 15) is 9.59 Å². The Hall–Kier alpha value is -2.08. The highest BCUT2D eigenvalue weighted by Gasteiger charge is 2.27. The third-order valence-electron chi connectivity index (χ3n) is 3.30. The Bertz CT molecular complexity index is 528. The van der Waals surface area contributed by atoms with Gasteiger partial charge in [-0.25, -0.2) is 4.79 Å². The molecule has 0 atom stereocenters. The van der Waals surface area contributed by atoms with E-state index in [1.807, 2.05) is 0 Å². The second-order valence-electron chi connectivity index (χ2n) is 5.36. The van der Waals surface area contributed by atoms with E-state index < -0.39 is 5.41 Å². The summed E-state index contributed by atoms with van der Waals surface area (Å²) in [6.07, 6.45) is -0.365. The van der Waals surface area contributed by atoms with E-state index in [4.69, 9.17) is 10.5 Å². The van der Waals surface area contributed by atoms with Gasteiger partial charge in [0.1, 0.15) is 6.61 Å². The van der Waals surface area contributed by atoms with Crippen molar-refractivity contribution in [1.29, 1.82) is 0 Å². The molecular formula is C14H19N3O3. The number of cyclic esters (lactones) is 1. The molecule has 108 valence electrons. The fraction of sp³-hybridized carbons (Fsp3) is 0.429. The summed E-state index contributed by atoms with van der Waals surface area (Å²) in [5.41, 5.74) is 6.28. The lowest BCUT2D eigenvalue weighted by molar-refractivity contribution is -0.123. The molecule has 1 aliphatic heterocycles. The first-order valence-electron chi connectivity index (χ1n) is 6.50. The van der Waals surface area contributed by atoms with Gasteiger partial charge in [0.25, 0.3) is 0 Å². The number of carbonyl (C=O) groups is 2. The summed E-state index contributed by atoms with van der Waals surface area (Å²) in [5, 5.41) is 2.81. The van der Waals surface area contributed by atoms with E-state index in [1.165, 1.54) is 4.90 Å². The van der Waals surface area contributed by atoms with Crippen molar-refractivity contribution in [2.45, 2.75) is 13.8 Å². The van der Waals surface area contributed by atoms with E-state index in [2.05, 4.69) is 5.32 Å². The van der Waals surface area contributed by atoms with Gasteiger partial charge in [-0.3, -0.25) is 9.69 Å². The molecule has 6 heteroatoms. The minimum Gasteiger partial charge on any atom is -0.447 e. The largest absolute Gasteiger partial charge is 0.447 e. The Morgan fingerprint density at radius 3 is 2.85 bits per heavy atom. The monoisotopic (exact) mass is 277 g/mol. The molecule has 20 heavy (non-hydrogen) atoms. The van der Waals surface area contributed by atoms with Crippen molar-refractivity contribution in [2.24, 2.45) is 11.1 Å². The average molecular weight is 277 g/mol. The first-order chi connectivity index (χ1) is 9.44. The van der Waals surface area contributed by atoms with Crippen molar-refractivity contribution < 1.29 is 14.3 Å². The molecule has 3 N–H and O–H groups in total. The van der Waals surface area contributed by atoms with Gasteiger partial charge in [0.05, 0.1) is 12.0 Å². The molecule has 0 spiro atoms. The number of hydrogen-bond acceptors (Lipinski definition) is 4. The smallest absolute Gasteiger partial charge is 0.414 e. The Morgan fingerprint density at radius 1 is 1.50 bits per heavy atom. The van der Waals surface area contributed by atoms with E-state index in [0.717, 1.165) is 0 Å². The maximum atomic E-state index is 12.1. The van der Waals surface area contributed by atoms with Crippen LogP contribution in [0.1, 0.15) is 13.8 Å². The lowest BCUT2D eigenvalue weighted by Crippen LogP contribution is -2.37. The van der Waals surface area contributed by atoms with Gasteiger partial charge in [0, 0.05) is 17.9 Å². The molecule has 1 fully saturated rings. The zero-order valence-electron chi connectivity index (χ0n) is 11.7. The SMILES string of the molecule is CC(C)(CN)C(=O)Nc1cccc(N2CCOC2=O)c1. The molecule has 0 radical (unpaired) electrons. The van der Waals surface area contributed by atoms with Gasteiger partial charge < -0.3 is 15.8 Å². The normalized spacial score (nSPS) is 15.2. The second kappa shape index (κ2) is 5.50. The maximum absolute atomic E-state index is 12.1. The van der Waals surface area contributed by atoms with Gasteiger partial charge >= 0.3 is 6.09 Å². The Morgan fingerprint density at radius 2 is 2.25 bits per heavy atom. The molecule has 0 aliphatic carbocycles. The molecule has 1 heterocycles. The van der Waals surface area contributed by atoms with Crippen molar-refractivity contribution in [1.82, 2.24) is 0 Å². The van der Waals surface area contributed by atoms with Crippen LogP contribution in [0.25, 0.3) is 0 Å². The molecule has 0 saturated carbocycles. The van der Waals surface area contributed by atoms with Crippen LogP contribution < -0.4 is 16.0 Å². The van der Waals surface area contributed by atoms with Crippen LogP contribution >= 0.6 is 0 Å². The second-order valence-corrected chi connectivity index (χ2v) is 5.36. The van der Waals surface area contributed by atoms with Crippen molar-refractivity contribution in [3.63, 3.8) is 0 Å². The first kappa shape index (κ1) is 14.3. The zero-order chi connectivity index (χ0) is 14.8. The number of hydrogen-bond donors (Lipinski definition) is 2. The predicted octanol–water partition coefficient (Wildman–Crippen LogP) is 1.57. The fourth-order valence-corrected chi connectivity index (χ4v) is 1.77. The van der Waals surface area contributed by atoms with E-state index in [-0.39, 0.29) is 18.5 Å². The number of carbonyl (C=O) groups excluding carboxylic acids is 2. The number of nitrogens with zero attached hydrogens (tertiary/aromatic N) is 1. The number of rotatable bonds is 4. The predicted molar refractivity (Wildman–Crippen MR) is 76.6 cm³/mol. The van der Waals surface area contributed by atoms with Gasteiger partial charge in [0.2, 0.25) is 5.91 Å². The molecule has 1 aromatic rings. The molecule has 2 rings (SSSR count). The van der Waals surface area contributed by atoms with Gasteiger partial charge in [0.15, 0.2) is 0 Å². The number of benzene rings is 1. The fourth-order valence-electron chi connectivity index (χ4n) is 1.77. The lowest BCUT2D eigenvalue weighted by atomic mass is 9.92. The van der Waals surface area contributed by atoms with Crippen molar-refractivity contribution >= 4 is 23.4 Å². The molecule has 1 aromatic carbocycles. The summed E-state index contributed by atoms with van der Waals surface area (Å²) in [6, 6.07) is 7.11. The van der Waals surface area contributed by atoms with Crippen LogP contribution in [0.4, 0.5) is 16.2 Å². The molecule has 1 aliphatic rings. The topological polar surface area (TPSA) is 84.7 Å². The van der Waals surface area contributed by atoms with E-state index in [0.29, 0.717) is 24.5 Å². The van der Waals surface area contributed by atoms with Crippen LogP contribution in [0.3, 0.4) is 0 Å². The summed E-state index contributed by atoms with van der Waals surface area (Å²) in [5.74, 6) is -0.152. The minimum atomic E-state index is -0.636. The Balaban J connectivity index is 2.14. The van der Waals surface area contributed by atoms with Gasteiger partial charge in [-0.2, -0.15) is 0 Å². The van der Waals surface area contributed by atoms with Crippen LogP contribution in [-0.4, -0.2) is 31.7 Å². The summed E-state index contributed by atoms with van der Waals surface area (Å²) < 4.78 is 4.90. The molecule has 0 unspecified atom stereocenters. The minimum absolute atomic E-state index is 0.152. The average Bonchev–Trinajstić information content (AvgIpc) is 2.85. The van der Waals surface area contributed by atoms with Crippen LogP contribution in [0.5, 0.6) is 0 Å². The zero-order valence-corrected chi connectivity index (χ0v) is 11.7. The number of nitrogens with two attached hydrogens (primary N) is 1. The third kappa shape index (κ3) is 2.91. The van der Waals surface area contributed by atoms with Crippen LogP contribution in [0.15, 0.2) is 24.3 Å². The van der Waals surface area contributed by atoms with Crippen molar-refractivity contribution in [2.75, 3.05) is 29.9 Å². The van der Waals surface area contributed by atoms with Gasteiger partial charge in [-0.1, -0.05) is 6.07 Å². The highest BCUT2D eigenvalue weighted by molar-refractivity contribution is 5.96. The van der Waals surface area contributed by atoms with Crippen LogP contribution in [0.2, 0.25) is 0 Å². The number of ether oxygens (including phenoxy) is 1. The van der Waals surface area contributed by atoms with Crippen LogP contribution in [-0.2, 0) is 9.53 Å². The van der Waals surface area contributed by atoms with Gasteiger partial charge in [-0.15, -0.1) is 0 Å². The summed E-state index contributed by atoms with van der Waals surface area (Å²) in [6.45, 7) is 4.73. The lowest BCUT2D eigenvalue weighted by Gasteiger charge is -2.22. The summed E-state index contributed by atoms with van der Waals surface area (Å²) in [7, 11) is 0. The standard InChI is InChI=1S/C14H19N3O3/c1-14(2,9-15)12(18)16-10-4-3-5-11(8-10)17-6-7-20-13(17)19/h3-5,8H,6-7,9,15H2,1-2H3,(H,16,18). The third-order valence-corrected chi connectivity index (χ3v) is 3.30. The van der Waals surface area contributed by atoms with Crippen molar-refractivity contribution in [3.05, 3.63) is 24.3 Å². The number of anilines is 2. The first-order valence-corrected chi connectivity index (χ1v) is 6.50. The number of nitrogens with one attached hydrogen (secondary N) is 1. The molecule has 6 nitrogen and oxygen atoms in total. The van der Waals surface area contributed by atoms with Crippen LogP contribution in [0, 0.1) is 5.41 Å². The van der Waals surface area contributed by atoms with Crippen molar-refractivity contribution in [3.8, 4) is 0 Å².